The zero-order valence-electron chi connectivity index (χ0n) is 12.9. The number of H-pyrrole nitrogens is 1. The van der Waals surface area contributed by atoms with E-state index >= 15 is 0 Å². The third kappa shape index (κ3) is 3.01. The first-order valence-electron chi connectivity index (χ1n) is 7.06. The molecule has 20 heavy (non-hydrogen) atoms. The van der Waals surface area contributed by atoms with Crippen LogP contribution in [0.1, 0.15) is 40.2 Å². The van der Waals surface area contributed by atoms with Gasteiger partial charge in [0.1, 0.15) is 0 Å². The number of hydrogen-bond acceptors (Lipinski definition) is 2. The fourth-order valence-corrected chi connectivity index (χ4v) is 2.60. The van der Waals surface area contributed by atoms with E-state index in [1.807, 2.05) is 0 Å². The highest BCUT2D eigenvalue weighted by Gasteiger charge is 2.21. The minimum Gasteiger partial charge on any atom is -0.300 e. The Bertz CT molecular complexity index is 644. The second-order valence-electron chi connectivity index (χ2n) is 6.65. The number of rotatable bonds is 3. The molecule has 0 aliphatic carbocycles. The van der Waals surface area contributed by atoms with Gasteiger partial charge < -0.3 is 0 Å². The zero-order valence-corrected chi connectivity index (χ0v) is 13.7. The average Bonchev–Trinajstić information content (AvgIpc) is 2.69. The van der Waals surface area contributed by atoms with Gasteiger partial charge in [-0.1, -0.05) is 58.9 Å². The predicted octanol–water partition coefficient (Wildman–Crippen LogP) is 4.56. The van der Waals surface area contributed by atoms with Crippen LogP contribution in [0.25, 0.3) is 11.4 Å². The fourth-order valence-electron chi connectivity index (χ4n) is 2.39. The Morgan fingerprint density at radius 1 is 1.25 bits per heavy atom. The molecule has 0 aliphatic heterocycles. The number of nitrogens with zero attached hydrogens (tertiary/aromatic N) is 2. The van der Waals surface area contributed by atoms with Crippen LogP contribution in [0, 0.1) is 10.7 Å². The predicted molar refractivity (Wildman–Crippen MR) is 86.4 cm³/mol. The minimum atomic E-state index is 0.0762. The fraction of sp³-hybridized carbons (Fsp3) is 0.500. The maximum Gasteiger partial charge on any atom is 0.195 e. The van der Waals surface area contributed by atoms with E-state index < -0.39 is 0 Å². The molecule has 1 aromatic heterocycles. The van der Waals surface area contributed by atoms with Crippen molar-refractivity contribution in [2.24, 2.45) is 5.92 Å². The van der Waals surface area contributed by atoms with Crippen LogP contribution in [0.3, 0.4) is 0 Å². The van der Waals surface area contributed by atoms with E-state index in [0.29, 0.717) is 10.7 Å². The molecule has 0 radical (unpaired) electrons. The Morgan fingerprint density at radius 3 is 2.50 bits per heavy atom. The molecular weight excluding hydrogens is 266 g/mol. The standard InChI is InChI=1S/C16H23N3S/c1-11(2)10-19-14(17-18-15(19)20)12-8-6-7-9-13(12)16(3,4)5/h6-9,11H,10H2,1-5H3,(H,18,20). The van der Waals surface area contributed by atoms with E-state index in [1.165, 1.54) is 5.56 Å². The average molecular weight is 289 g/mol. The first-order chi connectivity index (χ1) is 9.30. The topological polar surface area (TPSA) is 33.6 Å². The quantitative estimate of drug-likeness (QED) is 0.840. The molecule has 1 N–H and O–H groups in total. The van der Waals surface area contributed by atoms with Crippen molar-refractivity contribution >= 4 is 12.2 Å². The summed E-state index contributed by atoms with van der Waals surface area (Å²) < 4.78 is 2.79. The molecule has 0 saturated heterocycles. The Labute approximate surface area is 126 Å². The van der Waals surface area contributed by atoms with Crippen molar-refractivity contribution in [2.75, 3.05) is 0 Å². The molecule has 3 nitrogen and oxygen atoms in total. The van der Waals surface area contributed by atoms with E-state index in [-0.39, 0.29) is 5.41 Å². The molecule has 0 bridgehead atoms. The maximum atomic E-state index is 5.37. The summed E-state index contributed by atoms with van der Waals surface area (Å²) in [6, 6.07) is 8.44. The van der Waals surface area contributed by atoms with Crippen molar-refractivity contribution in [3.63, 3.8) is 0 Å². The number of aromatic nitrogens is 3. The largest absolute Gasteiger partial charge is 0.300 e. The number of aromatic amines is 1. The number of nitrogens with one attached hydrogen (secondary N) is 1. The first-order valence-corrected chi connectivity index (χ1v) is 7.46. The lowest BCUT2D eigenvalue weighted by Crippen LogP contribution is -2.14. The van der Waals surface area contributed by atoms with Crippen molar-refractivity contribution in [2.45, 2.75) is 46.6 Å². The monoisotopic (exact) mass is 289 g/mol. The van der Waals surface area contributed by atoms with Crippen molar-refractivity contribution in [1.82, 2.24) is 14.8 Å². The molecule has 0 aliphatic rings. The smallest absolute Gasteiger partial charge is 0.195 e. The number of benzene rings is 1. The maximum absolute atomic E-state index is 5.37. The molecule has 0 unspecified atom stereocenters. The van der Waals surface area contributed by atoms with Gasteiger partial charge in [0.15, 0.2) is 10.6 Å². The van der Waals surface area contributed by atoms with Gasteiger partial charge in [-0.05, 0) is 29.1 Å². The van der Waals surface area contributed by atoms with Gasteiger partial charge in [0, 0.05) is 12.1 Å². The third-order valence-electron chi connectivity index (χ3n) is 3.28. The van der Waals surface area contributed by atoms with Crippen molar-refractivity contribution in [3.8, 4) is 11.4 Å². The van der Waals surface area contributed by atoms with Crippen molar-refractivity contribution in [1.29, 1.82) is 0 Å². The van der Waals surface area contributed by atoms with Gasteiger partial charge in [0.25, 0.3) is 0 Å². The molecule has 0 atom stereocenters. The molecule has 2 rings (SSSR count). The van der Waals surface area contributed by atoms with Crippen molar-refractivity contribution in [3.05, 3.63) is 34.6 Å². The van der Waals surface area contributed by atoms with Crippen LogP contribution in [0.2, 0.25) is 0 Å². The van der Waals surface area contributed by atoms with Crippen LogP contribution in [0.4, 0.5) is 0 Å². The van der Waals surface area contributed by atoms with Gasteiger partial charge >= 0.3 is 0 Å². The molecule has 1 heterocycles. The Kier molecular flexibility index (Phi) is 4.14. The van der Waals surface area contributed by atoms with Crippen molar-refractivity contribution < 1.29 is 0 Å². The summed E-state index contributed by atoms with van der Waals surface area (Å²) >= 11 is 5.37. The van der Waals surface area contributed by atoms with Crippen LogP contribution in [-0.2, 0) is 12.0 Å². The van der Waals surface area contributed by atoms with Crippen LogP contribution >= 0.6 is 12.2 Å². The number of hydrogen-bond donors (Lipinski definition) is 1. The Balaban J connectivity index is 2.61. The van der Waals surface area contributed by atoms with Gasteiger partial charge in [0.05, 0.1) is 0 Å². The second kappa shape index (κ2) is 5.52. The summed E-state index contributed by atoms with van der Waals surface area (Å²) in [6.07, 6.45) is 0. The summed E-state index contributed by atoms with van der Waals surface area (Å²) in [4.78, 5) is 0. The lowest BCUT2D eigenvalue weighted by molar-refractivity contribution is 0.520. The van der Waals surface area contributed by atoms with E-state index in [9.17, 15) is 0 Å². The van der Waals surface area contributed by atoms with Gasteiger partial charge in [-0.3, -0.25) is 9.67 Å². The molecule has 2 aromatic rings. The molecule has 0 amide bonds. The van der Waals surface area contributed by atoms with Crippen LogP contribution in [0.5, 0.6) is 0 Å². The van der Waals surface area contributed by atoms with Gasteiger partial charge in [-0.15, -0.1) is 0 Å². The lowest BCUT2D eigenvalue weighted by atomic mass is 9.83. The summed E-state index contributed by atoms with van der Waals surface area (Å²) in [6.45, 7) is 11.9. The highest BCUT2D eigenvalue weighted by Crippen LogP contribution is 2.32. The van der Waals surface area contributed by atoms with Gasteiger partial charge in [0.2, 0.25) is 0 Å². The molecule has 1 aromatic carbocycles. The lowest BCUT2D eigenvalue weighted by Gasteiger charge is -2.23. The normalized spacial score (nSPS) is 12.1. The summed E-state index contributed by atoms with van der Waals surface area (Å²) in [5.74, 6) is 1.47. The van der Waals surface area contributed by atoms with E-state index in [2.05, 4.69) is 73.6 Å². The zero-order chi connectivity index (χ0) is 14.9. The van der Waals surface area contributed by atoms with Crippen LogP contribution in [-0.4, -0.2) is 14.8 Å². The molecular formula is C16H23N3S. The molecule has 4 heteroatoms. The highest BCUT2D eigenvalue weighted by atomic mass is 32.1. The SMILES string of the molecule is CC(C)Cn1c(-c2ccccc2C(C)(C)C)n[nH]c1=S. The second-order valence-corrected chi connectivity index (χ2v) is 7.04. The van der Waals surface area contributed by atoms with Gasteiger partial charge in [-0.25, -0.2) is 0 Å². The van der Waals surface area contributed by atoms with Crippen LogP contribution in [0.15, 0.2) is 24.3 Å². The van der Waals surface area contributed by atoms with Gasteiger partial charge in [-0.2, -0.15) is 5.10 Å². The highest BCUT2D eigenvalue weighted by molar-refractivity contribution is 7.71. The summed E-state index contributed by atoms with van der Waals surface area (Å²) in [5, 5.41) is 7.39. The Morgan fingerprint density at radius 2 is 1.90 bits per heavy atom. The van der Waals surface area contributed by atoms with E-state index in [1.54, 1.807) is 0 Å². The Hall–Kier alpha value is -1.42. The molecule has 0 spiro atoms. The molecule has 108 valence electrons. The minimum absolute atomic E-state index is 0.0762. The summed E-state index contributed by atoms with van der Waals surface area (Å²) in [5.41, 5.74) is 2.53. The van der Waals surface area contributed by atoms with E-state index in [0.717, 1.165) is 17.9 Å². The molecule has 0 saturated carbocycles. The summed E-state index contributed by atoms with van der Waals surface area (Å²) in [7, 11) is 0. The third-order valence-corrected chi connectivity index (χ3v) is 3.59. The molecule has 0 fully saturated rings. The first kappa shape index (κ1) is 15.0. The van der Waals surface area contributed by atoms with Crippen LogP contribution < -0.4 is 0 Å². The van der Waals surface area contributed by atoms with E-state index in [4.69, 9.17) is 12.2 Å².